The van der Waals surface area contributed by atoms with E-state index in [-0.39, 0.29) is 0 Å². The lowest BCUT2D eigenvalue weighted by Gasteiger charge is -2.10. The van der Waals surface area contributed by atoms with Gasteiger partial charge in [-0.05, 0) is 24.8 Å². The zero-order valence-corrected chi connectivity index (χ0v) is 9.65. The Bertz CT molecular complexity index is 236. The summed E-state index contributed by atoms with van der Waals surface area (Å²) in [5.41, 5.74) is 1.88. The van der Waals surface area contributed by atoms with E-state index in [9.17, 15) is 0 Å². The lowest BCUT2D eigenvalue weighted by molar-refractivity contribution is 0.786. The van der Waals surface area contributed by atoms with Crippen molar-refractivity contribution in [3.05, 3.63) is 22.9 Å². The van der Waals surface area contributed by atoms with Crippen molar-refractivity contribution >= 4 is 17.8 Å². The molecule has 2 heteroatoms. The second kappa shape index (κ2) is 5.98. The van der Waals surface area contributed by atoms with E-state index in [0.717, 1.165) is 22.7 Å². The molecule has 0 atom stereocenters. The fourth-order valence-electron chi connectivity index (χ4n) is 0.898. The molecule has 0 aromatic carbocycles. The van der Waals surface area contributed by atoms with Gasteiger partial charge in [0.2, 0.25) is 0 Å². The van der Waals surface area contributed by atoms with Crippen LogP contribution in [0.2, 0.25) is 0 Å². The fourth-order valence-corrected chi connectivity index (χ4v) is 1.30. The average Bonchev–Trinajstić information content (AvgIpc) is 2.11. The minimum atomic E-state index is 0.376. The molecule has 13 heavy (non-hydrogen) atoms. The van der Waals surface area contributed by atoms with Crippen molar-refractivity contribution in [1.29, 1.82) is 0 Å². The first kappa shape index (κ1) is 12.4. The van der Waals surface area contributed by atoms with Crippen molar-refractivity contribution < 1.29 is 0 Å². The van der Waals surface area contributed by atoms with Crippen molar-refractivity contribution in [2.45, 2.75) is 34.1 Å². The van der Waals surface area contributed by atoms with Gasteiger partial charge in [0.25, 0.3) is 0 Å². The summed E-state index contributed by atoms with van der Waals surface area (Å²) in [7, 11) is 0. The first-order chi connectivity index (χ1) is 6.04. The minimum absolute atomic E-state index is 0.376. The van der Waals surface area contributed by atoms with Gasteiger partial charge in [-0.25, -0.2) is 0 Å². The minimum Gasteiger partial charge on any atom is -0.264 e. The summed E-state index contributed by atoms with van der Waals surface area (Å²) in [6.45, 7) is 12.0. The first-order valence-electron chi connectivity index (χ1n) is 4.61. The van der Waals surface area contributed by atoms with Crippen LogP contribution in [0, 0.1) is 5.92 Å². The van der Waals surface area contributed by atoms with E-state index in [2.05, 4.69) is 25.4 Å². The predicted octanol–water partition coefficient (Wildman–Crippen LogP) is 4.15. The lowest BCUT2D eigenvalue weighted by Crippen LogP contribution is -1.95. The maximum atomic E-state index is 6.14. The van der Waals surface area contributed by atoms with Crippen LogP contribution in [0.15, 0.2) is 27.9 Å². The molecule has 0 N–H and O–H groups in total. The predicted molar refractivity (Wildman–Crippen MR) is 61.3 cm³/mol. The fraction of sp³-hybridized carbons (Fsp3) is 0.545. The molecule has 0 aliphatic carbocycles. The highest BCUT2D eigenvalue weighted by Crippen LogP contribution is 2.26. The number of hydrogen-bond donors (Lipinski definition) is 0. The molecule has 0 aliphatic heterocycles. The molecule has 74 valence electrons. The molecular formula is C11H18ClN. The summed E-state index contributed by atoms with van der Waals surface area (Å²) >= 11 is 6.14. The van der Waals surface area contributed by atoms with Crippen LogP contribution in [-0.4, -0.2) is 6.21 Å². The maximum Gasteiger partial charge on any atom is 0.0649 e. The highest BCUT2D eigenvalue weighted by Gasteiger charge is 2.08. The number of allylic oxidation sites excluding steroid dienone is 3. The summed E-state index contributed by atoms with van der Waals surface area (Å²) in [5.74, 6) is 0.376. The highest BCUT2D eigenvalue weighted by atomic mass is 35.5. The van der Waals surface area contributed by atoms with Crippen molar-refractivity contribution in [2.75, 3.05) is 0 Å². The van der Waals surface area contributed by atoms with Crippen molar-refractivity contribution in [2.24, 2.45) is 10.9 Å². The molecule has 1 nitrogen and oxygen atoms in total. The van der Waals surface area contributed by atoms with Crippen LogP contribution in [0.4, 0.5) is 0 Å². The third-order valence-electron chi connectivity index (χ3n) is 1.85. The summed E-state index contributed by atoms with van der Waals surface area (Å²) < 4.78 is 0. The van der Waals surface area contributed by atoms with Gasteiger partial charge in [-0.3, -0.25) is 4.99 Å². The van der Waals surface area contributed by atoms with E-state index in [1.165, 1.54) is 0 Å². The van der Waals surface area contributed by atoms with Crippen LogP contribution < -0.4 is 0 Å². The Kier molecular flexibility index (Phi) is 5.72. The molecule has 0 aromatic rings. The van der Waals surface area contributed by atoms with E-state index >= 15 is 0 Å². The molecule has 0 aromatic heterocycles. The zero-order valence-electron chi connectivity index (χ0n) is 8.89. The van der Waals surface area contributed by atoms with Crippen LogP contribution >= 0.6 is 11.6 Å². The van der Waals surface area contributed by atoms with Crippen LogP contribution in [0.1, 0.15) is 34.1 Å². The van der Waals surface area contributed by atoms with Gasteiger partial charge in [0, 0.05) is 6.21 Å². The first-order valence-corrected chi connectivity index (χ1v) is 4.98. The topological polar surface area (TPSA) is 12.4 Å². The summed E-state index contributed by atoms with van der Waals surface area (Å²) in [6, 6.07) is 0. The average molecular weight is 200 g/mol. The van der Waals surface area contributed by atoms with Crippen LogP contribution in [0.3, 0.4) is 0 Å². The summed E-state index contributed by atoms with van der Waals surface area (Å²) in [5, 5.41) is 0.718. The molecule has 0 rings (SSSR count). The van der Waals surface area contributed by atoms with Gasteiger partial charge in [0.1, 0.15) is 0 Å². The van der Waals surface area contributed by atoms with Crippen LogP contribution in [0.5, 0.6) is 0 Å². The van der Waals surface area contributed by atoms with Gasteiger partial charge in [-0.15, -0.1) is 0 Å². The van der Waals surface area contributed by atoms with Gasteiger partial charge in [0.05, 0.1) is 10.7 Å². The second-order valence-electron chi connectivity index (χ2n) is 3.18. The number of aliphatic imine (C=N–C) groups is 1. The lowest BCUT2D eigenvalue weighted by atomic mass is 10.0. The normalized spacial score (nSPS) is 13.7. The van der Waals surface area contributed by atoms with Crippen molar-refractivity contribution in [1.82, 2.24) is 0 Å². The highest BCUT2D eigenvalue weighted by molar-refractivity contribution is 6.32. The smallest absolute Gasteiger partial charge is 0.0649 e. The van der Waals surface area contributed by atoms with E-state index in [1.54, 1.807) is 6.21 Å². The van der Waals surface area contributed by atoms with E-state index in [1.807, 2.05) is 13.8 Å². The second-order valence-corrected chi connectivity index (χ2v) is 3.56. The Hall–Kier alpha value is -0.560. The van der Waals surface area contributed by atoms with E-state index in [4.69, 9.17) is 11.6 Å². The molecule has 0 fully saturated rings. The Morgan fingerprint density at radius 2 is 2.08 bits per heavy atom. The SMILES string of the molecule is C=C(/C(Cl)=C(/CC)N=CC)C(C)C. The molecule has 0 heterocycles. The van der Waals surface area contributed by atoms with Gasteiger partial charge in [-0.2, -0.15) is 0 Å². The van der Waals surface area contributed by atoms with Crippen molar-refractivity contribution in [3.8, 4) is 0 Å². The number of halogens is 1. The van der Waals surface area contributed by atoms with Gasteiger partial charge in [0.15, 0.2) is 0 Å². The molecule has 0 bridgehead atoms. The molecule has 0 amide bonds. The summed E-state index contributed by atoms with van der Waals surface area (Å²) in [4.78, 5) is 4.21. The van der Waals surface area contributed by atoms with Gasteiger partial charge < -0.3 is 0 Å². The van der Waals surface area contributed by atoms with Crippen LogP contribution in [0.25, 0.3) is 0 Å². The Morgan fingerprint density at radius 1 is 1.54 bits per heavy atom. The van der Waals surface area contributed by atoms with Gasteiger partial charge >= 0.3 is 0 Å². The Balaban J connectivity index is 4.85. The molecule has 0 unspecified atom stereocenters. The van der Waals surface area contributed by atoms with Crippen LogP contribution in [-0.2, 0) is 0 Å². The third kappa shape index (κ3) is 3.77. The van der Waals surface area contributed by atoms with Gasteiger partial charge in [-0.1, -0.05) is 39.0 Å². The zero-order chi connectivity index (χ0) is 10.4. The van der Waals surface area contributed by atoms with Crippen molar-refractivity contribution in [3.63, 3.8) is 0 Å². The monoisotopic (exact) mass is 199 g/mol. The summed E-state index contributed by atoms with van der Waals surface area (Å²) in [6.07, 6.45) is 2.60. The molecule has 0 saturated carbocycles. The van der Waals surface area contributed by atoms with E-state index < -0.39 is 0 Å². The molecule has 0 radical (unpaired) electrons. The number of rotatable bonds is 4. The standard InChI is InChI=1S/C11H18ClN/c1-6-10(13-7-2)11(12)9(5)8(3)4/h7-8H,5-6H2,1-4H3/b11-10+,13-7?. The molecular weight excluding hydrogens is 182 g/mol. The third-order valence-corrected chi connectivity index (χ3v) is 2.31. The Labute approximate surface area is 86.2 Å². The number of hydrogen-bond acceptors (Lipinski definition) is 1. The number of nitrogens with zero attached hydrogens (tertiary/aromatic N) is 1. The largest absolute Gasteiger partial charge is 0.264 e. The Morgan fingerprint density at radius 3 is 2.38 bits per heavy atom. The molecule has 0 spiro atoms. The molecule has 0 aliphatic rings. The molecule has 0 saturated heterocycles. The maximum absolute atomic E-state index is 6.14. The quantitative estimate of drug-likeness (QED) is 0.477. The van der Waals surface area contributed by atoms with E-state index in [0.29, 0.717) is 5.92 Å².